The summed E-state index contributed by atoms with van der Waals surface area (Å²) >= 11 is 11.6. The van der Waals surface area contributed by atoms with E-state index in [1.54, 1.807) is 36.3 Å². The number of benzene rings is 2. The molecule has 0 spiro atoms. The van der Waals surface area contributed by atoms with Crippen molar-refractivity contribution in [2.24, 2.45) is 0 Å². The molecule has 3 rings (SSSR count). The minimum Gasteiger partial charge on any atom is -0.497 e. The molecular weight excluding hydrogens is 410 g/mol. The van der Waals surface area contributed by atoms with Crippen molar-refractivity contribution >= 4 is 46.4 Å². The molecule has 1 saturated heterocycles. The van der Waals surface area contributed by atoms with Crippen molar-refractivity contribution < 1.29 is 14.3 Å². The normalized spacial score (nSPS) is 16.3. The first-order valence-corrected chi connectivity index (χ1v) is 10.0. The minimum atomic E-state index is -0.660. The van der Waals surface area contributed by atoms with E-state index >= 15 is 0 Å². The van der Waals surface area contributed by atoms with E-state index in [1.807, 2.05) is 31.2 Å². The highest BCUT2D eigenvalue weighted by Crippen LogP contribution is 2.26. The third kappa shape index (κ3) is 4.68. The number of methoxy groups -OCH3 is 1. The molecule has 0 saturated carbocycles. The molecule has 0 unspecified atom stereocenters. The number of amides is 2. The van der Waals surface area contributed by atoms with Gasteiger partial charge >= 0.3 is 0 Å². The van der Waals surface area contributed by atoms with E-state index in [9.17, 15) is 9.59 Å². The summed E-state index contributed by atoms with van der Waals surface area (Å²) in [6, 6.07) is 13.9. The fraction of sp³-hybridized carbons (Fsp3) is 0.286. The van der Waals surface area contributed by atoms with E-state index in [1.165, 1.54) is 4.90 Å². The molecule has 2 aromatic rings. The van der Waals surface area contributed by atoms with Crippen molar-refractivity contribution in [1.29, 1.82) is 0 Å². The van der Waals surface area contributed by atoms with Gasteiger partial charge in [-0.1, -0.05) is 35.9 Å². The Kier molecular flexibility index (Phi) is 6.71. The van der Waals surface area contributed by atoms with Crippen molar-refractivity contribution in [2.75, 3.05) is 19.0 Å². The van der Waals surface area contributed by atoms with E-state index in [0.29, 0.717) is 28.9 Å². The Labute approximate surface area is 180 Å². The quantitative estimate of drug-likeness (QED) is 0.677. The standard InChI is InChI=1S/C21H22ClN3O3S/c1-3-24-20(27)18(12-19(26)23-17-7-5-4-6-16(17)22)25(21(24)29)13-14-8-10-15(28-2)11-9-14/h4-11,18H,3,12-13H2,1-2H3,(H,23,26)/t18-/m0/s1. The van der Waals surface area contributed by atoms with Crippen LogP contribution in [0, 0.1) is 0 Å². The molecule has 0 aromatic heterocycles. The van der Waals surface area contributed by atoms with Crippen molar-refractivity contribution in [3.05, 3.63) is 59.1 Å². The number of rotatable bonds is 7. The second-order valence-electron chi connectivity index (χ2n) is 6.59. The predicted molar refractivity (Wildman–Crippen MR) is 117 cm³/mol. The zero-order valence-corrected chi connectivity index (χ0v) is 17.8. The molecule has 1 N–H and O–H groups in total. The number of nitrogens with zero attached hydrogens (tertiary/aromatic N) is 2. The number of carbonyl (C=O) groups is 2. The number of hydrogen-bond acceptors (Lipinski definition) is 4. The van der Waals surface area contributed by atoms with E-state index < -0.39 is 6.04 Å². The molecule has 1 aliphatic heterocycles. The highest BCUT2D eigenvalue weighted by atomic mass is 35.5. The average Bonchev–Trinajstić information content (AvgIpc) is 2.93. The van der Waals surface area contributed by atoms with Crippen molar-refractivity contribution in [3.8, 4) is 5.75 Å². The van der Waals surface area contributed by atoms with Crippen LogP contribution in [0.4, 0.5) is 5.69 Å². The van der Waals surface area contributed by atoms with Crippen LogP contribution in [-0.4, -0.2) is 46.4 Å². The first-order chi connectivity index (χ1) is 13.9. The molecule has 1 fully saturated rings. The van der Waals surface area contributed by atoms with Gasteiger partial charge in [-0.05, 0) is 49.0 Å². The Bertz CT molecular complexity index is 920. The lowest BCUT2D eigenvalue weighted by Gasteiger charge is -2.24. The summed E-state index contributed by atoms with van der Waals surface area (Å²) < 4.78 is 5.19. The van der Waals surface area contributed by atoms with Crippen LogP contribution in [0.15, 0.2) is 48.5 Å². The van der Waals surface area contributed by atoms with Crippen LogP contribution >= 0.6 is 23.8 Å². The topological polar surface area (TPSA) is 61.9 Å². The third-order valence-electron chi connectivity index (χ3n) is 4.76. The molecule has 29 heavy (non-hydrogen) atoms. The maximum atomic E-state index is 12.9. The van der Waals surface area contributed by atoms with Crippen molar-refractivity contribution in [3.63, 3.8) is 0 Å². The van der Waals surface area contributed by atoms with Crippen LogP contribution in [0.2, 0.25) is 5.02 Å². The molecule has 0 radical (unpaired) electrons. The number of carbonyl (C=O) groups excluding carboxylic acids is 2. The molecule has 0 aliphatic carbocycles. The zero-order chi connectivity index (χ0) is 21.0. The summed E-state index contributed by atoms with van der Waals surface area (Å²) in [6.07, 6.45) is -0.0170. The molecular formula is C21H22ClN3O3S. The molecule has 2 amide bonds. The van der Waals surface area contributed by atoms with Gasteiger partial charge in [0.2, 0.25) is 5.91 Å². The van der Waals surface area contributed by atoms with E-state index in [0.717, 1.165) is 11.3 Å². The second-order valence-corrected chi connectivity index (χ2v) is 7.36. The Morgan fingerprint density at radius 1 is 1.21 bits per heavy atom. The minimum absolute atomic E-state index is 0.0170. The Morgan fingerprint density at radius 3 is 2.52 bits per heavy atom. The summed E-state index contributed by atoms with van der Waals surface area (Å²) in [5, 5.41) is 3.65. The number of hydrogen-bond donors (Lipinski definition) is 1. The lowest BCUT2D eigenvalue weighted by atomic mass is 10.1. The number of nitrogens with one attached hydrogen (secondary N) is 1. The molecule has 0 bridgehead atoms. The smallest absolute Gasteiger partial charge is 0.252 e. The third-order valence-corrected chi connectivity index (χ3v) is 5.54. The van der Waals surface area contributed by atoms with Gasteiger partial charge in [0.25, 0.3) is 5.91 Å². The largest absolute Gasteiger partial charge is 0.497 e. The van der Waals surface area contributed by atoms with Gasteiger partial charge in [-0.3, -0.25) is 14.5 Å². The fourth-order valence-corrected chi connectivity index (χ4v) is 3.82. The maximum Gasteiger partial charge on any atom is 0.252 e. The van der Waals surface area contributed by atoms with E-state index in [-0.39, 0.29) is 18.2 Å². The summed E-state index contributed by atoms with van der Waals surface area (Å²) in [7, 11) is 1.61. The molecule has 6 nitrogen and oxygen atoms in total. The number of likely N-dealkylation sites (N-methyl/N-ethyl adjacent to an activating group) is 1. The van der Waals surface area contributed by atoms with Crippen LogP contribution in [0.3, 0.4) is 0 Å². The highest BCUT2D eigenvalue weighted by Gasteiger charge is 2.42. The van der Waals surface area contributed by atoms with Crippen LogP contribution < -0.4 is 10.1 Å². The van der Waals surface area contributed by atoms with Gasteiger partial charge in [0.1, 0.15) is 11.8 Å². The number of ether oxygens (including phenoxy) is 1. The zero-order valence-electron chi connectivity index (χ0n) is 16.2. The van der Waals surface area contributed by atoms with Gasteiger partial charge in [-0.2, -0.15) is 0 Å². The molecule has 8 heteroatoms. The van der Waals surface area contributed by atoms with E-state index in [4.69, 9.17) is 28.6 Å². The van der Waals surface area contributed by atoms with Crippen molar-refractivity contribution in [2.45, 2.75) is 25.9 Å². The van der Waals surface area contributed by atoms with Gasteiger partial charge in [0, 0.05) is 13.1 Å². The highest BCUT2D eigenvalue weighted by molar-refractivity contribution is 7.80. The lowest BCUT2D eigenvalue weighted by molar-refractivity contribution is -0.130. The first kappa shape index (κ1) is 21.1. The summed E-state index contributed by atoms with van der Waals surface area (Å²) in [5.41, 5.74) is 1.48. The maximum absolute atomic E-state index is 12.9. The van der Waals surface area contributed by atoms with Crippen molar-refractivity contribution in [1.82, 2.24) is 9.80 Å². The Hall–Kier alpha value is -2.64. The van der Waals surface area contributed by atoms with Crippen LogP contribution in [-0.2, 0) is 16.1 Å². The molecule has 1 aliphatic rings. The number of para-hydroxylation sites is 1. The molecule has 1 atom stereocenters. The van der Waals surface area contributed by atoms with Crippen LogP contribution in [0.1, 0.15) is 18.9 Å². The Morgan fingerprint density at radius 2 is 1.90 bits per heavy atom. The summed E-state index contributed by atoms with van der Waals surface area (Å²) in [5.74, 6) is 0.289. The van der Waals surface area contributed by atoms with Gasteiger partial charge < -0.3 is 15.0 Å². The predicted octanol–water partition coefficient (Wildman–Crippen LogP) is 3.70. The van der Waals surface area contributed by atoms with Gasteiger partial charge in [0.15, 0.2) is 5.11 Å². The second kappa shape index (κ2) is 9.24. The summed E-state index contributed by atoms with van der Waals surface area (Å²) in [4.78, 5) is 28.8. The number of halogens is 1. The number of anilines is 1. The van der Waals surface area contributed by atoms with Gasteiger partial charge in [-0.15, -0.1) is 0 Å². The molecule has 152 valence electrons. The SMILES string of the molecule is CCN1C(=O)[C@H](CC(=O)Nc2ccccc2Cl)N(Cc2ccc(OC)cc2)C1=S. The lowest BCUT2D eigenvalue weighted by Crippen LogP contribution is -2.37. The monoisotopic (exact) mass is 431 g/mol. The van der Waals surface area contributed by atoms with Gasteiger partial charge in [0.05, 0.1) is 24.2 Å². The number of thiocarbonyl (C=S) groups is 1. The van der Waals surface area contributed by atoms with E-state index in [2.05, 4.69) is 5.32 Å². The van der Waals surface area contributed by atoms with Gasteiger partial charge in [-0.25, -0.2) is 0 Å². The molecule has 2 aromatic carbocycles. The average molecular weight is 432 g/mol. The fourth-order valence-electron chi connectivity index (χ4n) is 3.23. The summed E-state index contributed by atoms with van der Waals surface area (Å²) in [6.45, 7) is 2.75. The first-order valence-electron chi connectivity index (χ1n) is 9.24. The van der Waals surface area contributed by atoms with Crippen LogP contribution in [0.25, 0.3) is 0 Å². The van der Waals surface area contributed by atoms with Crippen LogP contribution in [0.5, 0.6) is 5.75 Å². The Balaban J connectivity index is 1.77. The molecule has 1 heterocycles.